The Morgan fingerprint density at radius 2 is 1.90 bits per heavy atom. The highest BCUT2D eigenvalue weighted by Gasteiger charge is 2.16. The fraction of sp³-hybridized carbons (Fsp3) is 0.200. The van der Waals surface area contributed by atoms with Gasteiger partial charge < -0.3 is 20.3 Å². The molecule has 0 radical (unpaired) electrons. The fourth-order valence-corrected chi connectivity index (χ4v) is 3.60. The van der Waals surface area contributed by atoms with Gasteiger partial charge in [0.05, 0.1) is 27.7 Å². The van der Waals surface area contributed by atoms with Gasteiger partial charge in [-0.2, -0.15) is 4.98 Å². The predicted octanol–water partition coefficient (Wildman–Crippen LogP) is 4.20. The zero-order valence-electron chi connectivity index (χ0n) is 16.3. The summed E-state index contributed by atoms with van der Waals surface area (Å²) in [5, 5.41) is 13.4. The van der Waals surface area contributed by atoms with Crippen molar-refractivity contribution in [2.75, 3.05) is 30.4 Å². The van der Waals surface area contributed by atoms with E-state index in [1.165, 1.54) is 0 Å². The summed E-state index contributed by atoms with van der Waals surface area (Å²) in [5.41, 5.74) is 2.82. The van der Waals surface area contributed by atoms with Crippen LogP contribution in [0.25, 0.3) is 22.4 Å². The minimum Gasteiger partial charge on any atom is -0.395 e. The molecule has 4 aromatic rings. The maximum atomic E-state index is 9.17. The number of fused-ring (bicyclic) bond motifs is 1. The van der Waals surface area contributed by atoms with Gasteiger partial charge in [0.25, 0.3) is 0 Å². The summed E-state index contributed by atoms with van der Waals surface area (Å²) in [5.74, 6) is 2.16. The average Bonchev–Trinajstić information content (AvgIpc) is 3.12. The number of aryl methyl sites for hydroxylation is 1. The van der Waals surface area contributed by atoms with Crippen molar-refractivity contribution < 1.29 is 5.11 Å². The Morgan fingerprint density at radius 3 is 2.63 bits per heavy atom. The van der Waals surface area contributed by atoms with Gasteiger partial charge in [-0.15, -0.1) is 0 Å². The average molecular weight is 444 g/mol. The third kappa shape index (κ3) is 4.02. The summed E-state index contributed by atoms with van der Waals surface area (Å²) in [6, 6.07) is 8.96. The Balaban J connectivity index is 1.73. The van der Waals surface area contributed by atoms with Crippen LogP contribution in [0.5, 0.6) is 0 Å². The van der Waals surface area contributed by atoms with Gasteiger partial charge in [-0.05, 0) is 25.1 Å². The zero-order valence-corrected chi connectivity index (χ0v) is 17.8. The topological polar surface area (TPSA) is 103 Å². The molecule has 0 fully saturated rings. The third-order valence-corrected chi connectivity index (χ3v) is 5.10. The molecule has 30 heavy (non-hydrogen) atoms. The quantitative estimate of drug-likeness (QED) is 0.410. The van der Waals surface area contributed by atoms with Crippen LogP contribution in [0.3, 0.4) is 0 Å². The van der Waals surface area contributed by atoms with Gasteiger partial charge in [0.1, 0.15) is 17.2 Å². The molecule has 0 atom stereocenters. The van der Waals surface area contributed by atoms with Crippen LogP contribution < -0.4 is 10.2 Å². The molecule has 0 saturated heterocycles. The van der Waals surface area contributed by atoms with Crippen molar-refractivity contribution in [1.82, 2.24) is 24.9 Å². The molecule has 8 nitrogen and oxygen atoms in total. The lowest BCUT2D eigenvalue weighted by atomic mass is 10.2. The number of hydrogen-bond acceptors (Lipinski definition) is 7. The lowest BCUT2D eigenvalue weighted by Gasteiger charge is -2.17. The van der Waals surface area contributed by atoms with E-state index in [-0.39, 0.29) is 6.61 Å². The largest absolute Gasteiger partial charge is 0.395 e. The number of aliphatic hydroxyl groups excluding tert-OH is 1. The molecule has 154 valence electrons. The number of imidazole rings is 1. The monoisotopic (exact) mass is 443 g/mol. The van der Waals surface area contributed by atoms with E-state index in [4.69, 9.17) is 23.2 Å². The van der Waals surface area contributed by atoms with Gasteiger partial charge in [-0.3, -0.25) is 0 Å². The van der Waals surface area contributed by atoms with E-state index in [1.54, 1.807) is 29.3 Å². The van der Waals surface area contributed by atoms with E-state index < -0.39 is 0 Å². The molecule has 0 aliphatic heterocycles. The Labute approximate surface area is 182 Å². The van der Waals surface area contributed by atoms with Crippen LogP contribution in [0.2, 0.25) is 10.0 Å². The number of anilines is 3. The highest BCUT2D eigenvalue weighted by Crippen LogP contribution is 2.35. The number of rotatable bonds is 6. The van der Waals surface area contributed by atoms with Gasteiger partial charge in [-0.1, -0.05) is 29.3 Å². The van der Waals surface area contributed by atoms with E-state index in [0.717, 1.165) is 11.2 Å². The summed E-state index contributed by atoms with van der Waals surface area (Å²) < 4.78 is 0. The molecular weight excluding hydrogens is 425 g/mol. The lowest BCUT2D eigenvalue weighted by molar-refractivity contribution is 0.303. The molecule has 1 aromatic carbocycles. The van der Waals surface area contributed by atoms with Crippen LogP contribution in [0, 0.1) is 6.92 Å². The van der Waals surface area contributed by atoms with Crippen molar-refractivity contribution in [2.45, 2.75) is 6.92 Å². The number of aromatic nitrogens is 5. The van der Waals surface area contributed by atoms with Crippen molar-refractivity contribution in [3.8, 4) is 11.4 Å². The molecule has 0 aliphatic rings. The van der Waals surface area contributed by atoms with Crippen molar-refractivity contribution in [2.24, 2.45) is 0 Å². The third-order valence-electron chi connectivity index (χ3n) is 4.47. The van der Waals surface area contributed by atoms with E-state index in [0.29, 0.717) is 51.1 Å². The molecular formula is C20H19Cl2N7O. The molecule has 0 saturated carbocycles. The summed E-state index contributed by atoms with van der Waals surface area (Å²) in [7, 11) is 1.82. The van der Waals surface area contributed by atoms with Gasteiger partial charge in [0.15, 0.2) is 5.82 Å². The molecule has 3 heterocycles. The Morgan fingerprint density at radius 1 is 1.13 bits per heavy atom. The van der Waals surface area contributed by atoms with Gasteiger partial charge in [-0.25, -0.2) is 15.0 Å². The number of aromatic amines is 1. The first kappa shape index (κ1) is 20.3. The molecule has 0 unspecified atom stereocenters. The smallest absolute Gasteiger partial charge is 0.227 e. The first-order valence-electron chi connectivity index (χ1n) is 9.20. The van der Waals surface area contributed by atoms with Gasteiger partial charge in [0.2, 0.25) is 5.95 Å². The number of aliphatic hydroxyl groups is 1. The van der Waals surface area contributed by atoms with Crippen LogP contribution in [-0.4, -0.2) is 50.2 Å². The minimum atomic E-state index is 0.0120. The van der Waals surface area contributed by atoms with Crippen LogP contribution in [0.15, 0.2) is 36.5 Å². The first-order valence-corrected chi connectivity index (χ1v) is 9.95. The maximum Gasteiger partial charge on any atom is 0.227 e. The number of halogens is 2. The highest BCUT2D eigenvalue weighted by atomic mass is 35.5. The fourth-order valence-electron chi connectivity index (χ4n) is 3.03. The second kappa shape index (κ2) is 8.43. The van der Waals surface area contributed by atoms with E-state index in [9.17, 15) is 5.11 Å². The summed E-state index contributed by atoms with van der Waals surface area (Å²) >= 11 is 12.7. The normalized spacial score (nSPS) is 11.1. The number of hydrogen-bond donors (Lipinski definition) is 3. The van der Waals surface area contributed by atoms with E-state index in [1.807, 2.05) is 26.1 Å². The molecule has 3 aromatic heterocycles. The zero-order chi connectivity index (χ0) is 21.3. The first-order chi connectivity index (χ1) is 14.5. The molecule has 0 aliphatic carbocycles. The van der Waals surface area contributed by atoms with Crippen molar-refractivity contribution >= 4 is 51.8 Å². The van der Waals surface area contributed by atoms with E-state index in [2.05, 4.69) is 30.2 Å². The minimum absolute atomic E-state index is 0.0120. The summed E-state index contributed by atoms with van der Waals surface area (Å²) in [4.78, 5) is 23.1. The maximum absolute atomic E-state index is 9.17. The highest BCUT2D eigenvalue weighted by molar-refractivity contribution is 6.39. The van der Waals surface area contributed by atoms with Crippen LogP contribution >= 0.6 is 23.2 Å². The number of nitrogens with zero attached hydrogens (tertiary/aromatic N) is 5. The second-order valence-corrected chi connectivity index (χ2v) is 7.52. The Bertz CT molecular complexity index is 1190. The Kier molecular flexibility index (Phi) is 5.72. The molecule has 0 amide bonds. The second-order valence-electron chi connectivity index (χ2n) is 6.70. The Hall–Kier alpha value is -2.94. The van der Waals surface area contributed by atoms with Crippen LogP contribution in [0.1, 0.15) is 5.69 Å². The molecule has 4 rings (SSSR count). The van der Waals surface area contributed by atoms with Crippen LogP contribution in [-0.2, 0) is 0 Å². The van der Waals surface area contributed by atoms with E-state index >= 15 is 0 Å². The summed E-state index contributed by atoms with van der Waals surface area (Å²) in [6.45, 7) is 2.32. The van der Waals surface area contributed by atoms with Crippen molar-refractivity contribution in [3.05, 3.63) is 52.3 Å². The lowest BCUT2D eigenvalue weighted by Crippen LogP contribution is -2.23. The number of pyridine rings is 1. The standard InChI is InChI=1S/C20H19Cl2N7O/c1-11-10-15(27-20(24-11)29(2)8-9-30)26-19-17-14(6-7-23-19)25-18(28-17)16-12(21)4-3-5-13(16)22/h3-7,10,30H,8-9H2,1-2H3,(H,25,28)(H,23,24,26,27). The molecule has 3 N–H and O–H groups in total. The van der Waals surface area contributed by atoms with Crippen LogP contribution in [0.4, 0.5) is 17.6 Å². The number of H-pyrrole nitrogens is 1. The van der Waals surface area contributed by atoms with Gasteiger partial charge >= 0.3 is 0 Å². The van der Waals surface area contributed by atoms with Crippen molar-refractivity contribution in [1.29, 1.82) is 0 Å². The molecule has 0 spiro atoms. The molecule has 0 bridgehead atoms. The number of nitrogens with one attached hydrogen (secondary N) is 2. The number of likely N-dealkylation sites (N-methyl/N-ethyl adjacent to an activating group) is 1. The SMILES string of the molecule is Cc1cc(Nc2nccc3[nH]c(-c4c(Cl)cccc4Cl)nc23)nc(N(C)CCO)n1. The van der Waals surface area contributed by atoms with Gasteiger partial charge in [0, 0.05) is 31.5 Å². The molecule has 10 heteroatoms. The number of benzene rings is 1. The predicted molar refractivity (Wildman–Crippen MR) is 120 cm³/mol. The van der Waals surface area contributed by atoms with Crippen molar-refractivity contribution in [3.63, 3.8) is 0 Å². The summed E-state index contributed by atoms with van der Waals surface area (Å²) in [6.07, 6.45) is 1.67.